The molecule has 0 saturated heterocycles. The molecule has 140 valence electrons. The van der Waals surface area contributed by atoms with Crippen LogP contribution >= 0.6 is 11.6 Å². The highest BCUT2D eigenvalue weighted by Gasteiger charge is 2.23. The van der Waals surface area contributed by atoms with Gasteiger partial charge >= 0.3 is 0 Å². The summed E-state index contributed by atoms with van der Waals surface area (Å²) in [6.45, 7) is 1.95. The molecule has 27 heavy (non-hydrogen) atoms. The molecule has 0 aliphatic rings. The maximum absolute atomic E-state index is 14.6. The minimum absolute atomic E-state index is 0.0401. The highest BCUT2D eigenvalue weighted by molar-refractivity contribution is 6.35. The molecule has 2 N–H and O–H groups in total. The fourth-order valence-corrected chi connectivity index (χ4v) is 2.71. The van der Waals surface area contributed by atoms with Gasteiger partial charge in [0.2, 0.25) is 0 Å². The number of rotatable bonds is 6. The van der Waals surface area contributed by atoms with Gasteiger partial charge in [-0.25, -0.2) is 4.39 Å². The lowest BCUT2D eigenvalue weighted by molar-refractivity contribution is 0.102. The molecule has 0 aliphatic carbocycles. The topological polar surface area (TPSA) is 89.0 Å². The quantitative estimate of drug-likeness (QED) is 0.631. The second kappa shape index (κ2) is 7.63. The highest BCUT2D eigenvalue weighted by Crippen LogP contribution is 2.29. The number of aromatic amines is 1. The monoisotopic (exact) mass is 390 g/mol. The van der Waals surface area contributed by atoms with Crippen LogP contribution < -0.4 is 10.1 Å². The van der Waals surface area contributed by atoms with Crippen LogP contribution in [-0.2, 0) is 7.05 Å². The summed E-state index contributed by atoms with van der Waals surface area (Å²) in [5, 5.41) is 6.58. The molecule has 0 atom stereocenters. The maximum atomic E-state index is 14.6. The molecule has 7 nitrogen and oxygen atoms in total. The van der Waals surface area contributed by atoms with E-state index < -0.39 is 17.5 Å². The van der Waals surface area contributed by atoms with Gasteiger partial charge in [-0.2, -0.15) is 5.10 Å². The van der Waals surface area contributed by atoms with Crippen molar-refractivity contribution in [2.45, 2.75) is 6.92 Å². The minimum Gasteiger partial charge on any atom is -0.491 e. The molecule has 1 aromatic carbocycles. The first-order valence-electron chi connectivity index (χ1n) is 8.05. The molecule has 0 fully saturated rings. The summed E-state index contributed by atoms with van der Waals surface area (Å²) in [6, 6.07) is 5.70. The molecule has 3 rings (SSSR count). The van der Waals surface area contributed by atoms with E-state index in [1.165, 1.54) is 29.1 Å². The second-order valence-corrected chi connectivity index (χ2v) is 6.03. The van der Waals surface area contributed by atoms with Gasteiger partial charge < -0.3 is 15.0 Å². The van der Waals surface area contributed by atoms with Crippen LogP contribution in [0.2, 0.25) is 5.02 Å². The van der Waals surface area contributed by atoms with Crippen LogP contribution in [0.3, 0.4) is 0 Å². The van der Waals surface area contributed by atoms with Crippen molar-refractivity contribution in [3.8, 4) is 5.75 Å². The van der Waals surface area contributed by atoms with Crippen molar-refractivity contribution in [3.63, 3.8) is 0 Å². The third-order valence-corrected chi connectivity index (χ3v) is 4.04. The lowest BCUT2D eigenvalue weighted by Crippen LogP contribution is -2.13. The number of anilines is 1. The summed E-state index contributed by atoms with van der Waals surface area (Å²) in [5.74, 6) is -1.68. The Hall–Kier alpha value is -3.13. The smallest absolute Gasteiger partial charge is 0.273 e. The van der Waals surface area contributed by atoms with Gasteiger partial charge in [-0.3, -0.25) is 14.3 Å². The van der Waals surface area contributed by atoms with E-state index in [1.807, 2.05) is 0 Å². The van der Waals surface area contributed by atoms with Gasteiger partial charge in [-0.05, 0) is 25.1 Å². The number of aromatic nitrogens is 3. The second-order valence-electron chi connectivity index (χ2n) is 5.63. The van der Waals surface area contributed by atoms with Gasteiger partial charge in [-0.1, -0.05) is 11.6 Å². The lowest BCUT2D eigenvalue weighted by atomic mass is 10.0. The Bertz CT molecular complexity index is 1010. The van der Waals surface area contributed by atoms with E-state index in [0.717, 1.165) is 0 Å². The first kappa shape index (κ1) is 18.7. The Labute approximate surface area is 159 Å². The van der Waals surface area contributed by atoms with Gasteiger partial charge in [0.15, 0.2) is 23.2 Å². The number of carbonyl (C=O) groups excluding carboxylic acids is 2. The third-order valence-electron chi connectivity index (χ3n) is 3.73. The maximum Gasteiger partial charge on any atom is 0.273 e. The third kappa shape index (κ3) is 3.85. The van der Waals surface area contributed by atoms with Crippen LogP contribution in [0.5, 0.6) is 5.75 Å². The van der Waals surface area contributed by atoms with E-state index in [4.69, 9.17) is 16.3 Å². The Kier molecular flexibility index (Phi) is 5.27. The SMILES string of the molecule is CCOc1ccc(Cl)c(C(=O)c2c[nH]c(C(=O)Nc3ccn(C)n3)c2)c1F. The van der Waals surface area contributed by atoms with Crippen molar-refractivity contribution >= 4 is 29.1 Å². The summed E-state index contributed by atoms with van der Waals surface area (Å²) in [7, 11) is 1.72. The highest BCUT2D eigenvalue weighted by atomic mass is 35.5. The molecule has 0 spiro atoms. The lowest BCUT2D eigenvalue weighted by Gasteiger charge is -2.09. The number of carbonyl (C=O) groups is 2. The Morgan fingerprint density at radius 2 is 2.15 bits per heavy atom. The van der Waals surface area contributed by atoms with E-state index in [0.29, 0.717) is 5.82 Å². The zero-order valence-corrected chi connectivity index (χ0v) is 15.3. The summed E-state index contributed by atoms with van der Waals surface area (Å²) in [5.41, 5.74) is -0.0876. The normalized spacial score (nSPS) is 10.7. The number of hydrogen-bond acceptors (Lipinski definition) is 4. The number of amides is 1. The number of halogens is 2. The van der Waals surface area contributed by atoms with Crippen LogP contribution in [0, 0.1) is 5.82 Å². The Balaban J connectivity index is 1.85. The largest absolute Gasteiger partial charge is 0.491 e. The van der Waals surface area contributed by atoms with Crippen molar-refractivity contribution in [1.29, 1.82) is 0 Å². The van der Waals surface area contributed by atoms with Crippen LogP contribution in [0.15, 0.2) is 36.7 Å². The predicted molar refractivity (Wildman–Crippen MR) is 98.0 cm³/mol. The molecule has 0 radical (unpaired) electrons. The Morgan fingerprint density at radius 1 is 1.37 bits per heavy atom. The summed E-state index contributed by atoms with van der Waals surface area (Å²) >= 11 is 6.01. The minimum atomic E-state index is -0.838. The zero-order valence-electron chi connectivity index (χ0n) is 14.5. The van der Waals surface area contributed by atoms with Crippen LogP contribution in [0.1, 0.15) is 33.3 Å². The van der Waals surface area contributed by atoms with Crippen LogP contribution in [0.4, 0.5) is 10.2 Å². The average molecular weight is 391 g/mol. The zero-order chi connectivity index (χ0) is 19.6. The van der Waals surface area contributed by atoms with E-state index in [9.17, 15) is 14.0 Å². The standard InChI is InChI=1S/C18H16ClFN4O3/c1-3-27-13-5-4-11(19)15(16(13)20)17(25)10-8-12(21-9-10)18(26)22-14-6-7-24(2)23-14/h4-9,21H,3H2,1-2H3,(H,22,23,26). The summed E-state index contributed by atoms with van der Waals surface area (Å²) < 4.78 is 21.3. The Morgan fingerprint density at radius 3 is 2.81 bits per heavy atom. The first-order valence-corrected chi connectivity index (χ1v) is 8.43. The molecule has 2 aromatic heterocycles. The van der Waals surface area contributed by atoms with E-state index >= 15 is 0 Å². The molecule has 0 bridgehead atoms. The molecule has 0 saturated carbocycles. The molecule has 1 amide bonds. The van der Waals surface area contributed by atoms with Crippen molar-refractivity contribution < 1.29 is 18.7 Å². The van der Waals surface area contributed by atoms with Crippen LogP contribution in [-0.4, -0.2) is 33.1 Å². The number of ketones is 1. The van der Waals surface area contributed by atoms with Gasteiger partial charge in [0.25, 0.3) is 5.91 Å². The predicted octanol–water partition coefficient (Wildman–Crippen LogP) is 3.42. The van der Waals surface area contributed by atoms with Crippen LogP contribution in [0.25, 0.3) is 0 Å². The summed E-state index contributed by atoms with van der Waals surface area (Å²) in [6.07, 6.45) is 2.99. The molecule has 3 aromatic rings. The van der Waals surface area contributed by atoms with Crippen molar-refractivity contribution in [1.82, 2.24) is 14.8 Å². The number of aryl methyl sites for hydroxylation is 1. The van der Waals surface area contributed by atoms with E-state index in [2.05, 4.69) is 15.4 Å². The summed E-state index contributed by atoms with van der Waals surface area (Å²) in [4.78, 5) is 27.6. The molecular weight excluding hydrogens is 375 g/mol. The van der Waals surface area contributed by atoms with Crippen molar-refractivity contribution in [3.05, 3.63) is 64.3 Å². The number of nitrogens with one attached hydrogen (secondary N) is 2. The van der Waals surface area contributed by atoms with E-state index in [1.54, 1.807) is 26.2 Å². The van der Waals surface area contributed by atoms with Gasteiger partial charge in [0, 0.05) is 31.1 Å². The van der Waals surface area contributed by atoms with Gasteiger partial charge in [0.05, 0.1) is 17.2 Å². The fraction of sp³-hybridized carbons (Fsp3) is 0.167. The molecular formula is C18H16ClFN4O3. The number of hydrogen-bond donors (Lipinski definition) is 2. The van der Waals surface area contributed by atoms with Gasteiger partial charge in [0.1, 0.15) is 5.69 Å². The average Bonchev–Trinajstić information content (AvgIpc) is 3.27. The fourth-order valence-electron chi connectivity index (χ4n) is 2.47. The number of nitrogens with zero attached hydrogens (tertiary/aromatic N) is 2. The van der Waals surface area contributed by atoms with Gasteiger partial charge in [-0.15, -0.1) is 0 Å². The van der Waals surface area contributed by atoms with Crippen molar-refractivity contribution in [2.75, 3.05) is 11.9 Å². The molecule has 9 heteroatoms. The first-order chi connectivity index (χ1) is 12.9. The van der Waals surface area contributed by atoms with Crippen molar-refractivity contribution in [2.24, 2.45) is 7.05 Å². The number of H-pyrrole nitrogens is 1. The molecule has 0 unspecified atom stereocenters. The number of ether oxygens (including phenoxy) is 1. The van der Waals surface area contributed by atoms with E-state index in [-0.39, 0.29) is 34.2 Å². The number of benzene rings is 1. The molecule has 2 heterocycles. The molecule has 0 aliphatic heterocycles.